The van der Waals surface area contributed by atoms with E-state index in [9.17, 15) is 18.0 Å². The molecule has 1 amide bonds. The zero-order chi connectivity index (χ0) is 20.9. The largest absolute Gasteiger partial charge is 0.444 e. The van der Waals surface area contributed by atoms with Gasteiger partial charge in [0.15, 0.2) is 11.7 Å². The van der Waals surface area contributed by atoms with E-state index in [1.807, 2.05) is 20.8 Å². The van der Waals surface area contributed by atoms with Crippen LogP contribution in [0.2, 0.25) is 0 Å². The summed E-state index contributed by atoms with van der Waals surface area (Å²) in [5, 5.41) is 7.27. The maximum atomic E-state index is 12.6. The molecule has 1 heterocycles. The third kappa shape index (κ3) is 7.17. The Morgan fingerprint density at radius 1 is 1.36 bits per heavy atom. The summed E-state index contributed by atoms with van der Waals surface area (Å²) >= 11 is 0.933. The summed E-state index contributed by atoms with van der Waals surface area (Å²) in [6.07, 6.45) is -2.87. The highest BCUT2D eigenvalue weighted by Gasteiger charge is 2.35. The number of thiazole rings is 1. The van der Waals surface area contributed by atoms with Crippen LogP contribution < -0.4 is 10.6 Å². The van der Waals surface area contributed by atoms with Gasteiger partial charge in [-0.25, -0.2) is 9.78 Å². The van der Waals surface area contributed by atoms with Crippen LogP contribution in [0.15, 0.2) is 10.4 Å². The molecule has 2 N–H and O–H groups in total. The SMILES string of the molecule is CN=C(NCCN(C(=O)OC(C)(C)C)C1CC1)NCc1nc(C(F)(F)F)cs1. The summed E-state index contributed by atoms with van der Waals surface area (Å²) in [6.45, 7) is 6.46. The van der Waals surface area contributed by atoms with E-state index in [4.69, 9.17) is 4.74 Å². The third-order valence-electron chi connectivity index (χ3n) is 3.73. The van der Waals surface area contributed by atoms with Gasteiger partial charge in [0.1, 0.15) is 10.6 Å². The number of carbonyl (C=O) groups excluding carboxylic acids is 1. The molecule has 0 spiro atoms. The van der Waals surface area contributed by atoms with Crippen LogP contribution in [-0.2, 0) is 17.5 Å². The number of guanidine groups is 1. The van der Waals surface area contributed by atoms with Gasteiger partial charge in [-0.15, -0.1) is 11.3 Å². The fraction of sp³-hybridized carbons (Fsp3) is 0.706. The van der Waals surface area contributed by atoms with Gasteiger partial charge in [-0.05, 0) is 33.6 Å². The molecule has 11 heteroatoms. The molecule has 7 nitrogen and oxygen atoms in total. The number of aromatic nitrogens is 1. The van der Waals surface area contributed by atoms with Gasteiger partial charge >= 0.3 is 12.3 Å². The Hall–Kier alpha value is -2.04. The predicted octanol–water partition coefficient (Wildman–Crippen LogP) is 3.23. The smallest absolute Gasteiger partial charge is 0.434 e. The maximum absolute atomic E-state index is 12.6. The second kappa shape index (κ2) is 8.97. The highest BCUT2D eigenvalue weighted by Crippen LogP contribution is 2.30. The highest BCUT2D eigenvalue weighted by atomic mass is 32.1. The average Bonchev–Trinajstić information content (AvgIpc) is 3.27. The minimum Gasteiger partial charge on any atom is -0.444 e. The standard InChI is InChI=1S/C17H26F3N5O2S/c1-16(2,3)27-15(26)25(11-5-6-11)8-7-22-14(21-4)23-9-13-24-12(10-28-13)17(18,19)20/h10-11H,5-9H2,1-4H3,(H2,21,22,23). The number of alkyl halides is 3. The summed E-state index contributed by atoms with van der Waals surface area (Å²) in [5.41, 5.74) is -1.45. The number of nitrogens with zero attached hydrogens (tertiary/aromatic N) is 3. The lowest BCUT2D eigenvalue weighted by Crippen LogP contribution is -2.45. The topological polar surface area (TPSA) is 78.9 Å². The second-order valence-corrected chi connectivity index (χ2v) is 8.32. The summed E-state index contributed by atoms with van der Waals surface area (Å²) in [5.74, 6) is 0.420. The van der Waals surface area contributed by atoms with Gasteiger partial charge in [-0.2, -0.15) is 13.2 Å². The van der Waals surface area contributed by atoms with E-state index in [1.165, 1.54) is 0 Å². The normalized spacial score (nSPS) is 15.3. The van der Waals surface area contributed by atoms with Crippen molar-refractivity contribution in [3.05, 3.63) is 16.1 Å². The molecule has 1 saturated carbocycles. The first-order valence-electron chi connectivity index (χ1n) is 8.95. The van der Waals surface area contributed by atoms with Crippen molar-refractivity contribution in [1.29, 1.82) is 0 Å². The Morgan fingerprint density at radius 3 is 2.54 bits per heavy atom. The summed E-state index contributed by atoms with van der Waals surface area (Å²) in [4.78, 5) is 21.6. The van der Waals surface area contributed by atoms with Gasteiger partial charge in [0.05, 0.1) is 6.54 Å². The van der Waals surface area contributed by atoms with Crippen LogP contribution in [0.25, 0.3) is 0 Å². The van der Waals surface area contributed by atoms with E-state index < -0.39 is 17.5 Å². The van der Waals surface area contributed by atoms with Gasteiger partial charge in [0.2, 0.25) is 0 Å². The molecule has 0 radical (unpaired) electrons. The van der Waals surface area contributed by atoms with Crippen LogP contribution in [0.4, 0.5) is 18.0 Å². The third-order valence-corrected chi connectivity index (χ3v) is 4.58. The molecule has 1 aliphatic rings. The maximum Gasteiger partial charge on any atom is 0.434 e. The van der Waals surface area contributed by atoms with Crippen molar-refractivity contribution in [2.45, 2.75) is 58.0 Å². The quantitative estimate of drug-likeness (QED) is 0.545. The molecular weight excluding hydrogens is 395 g/mol. The first-order valence-corrected chi connectivity index (χ1v) is 9.83. The lowest BCUT2D eigenvalue weighted by molar-refractivity contribution is -0.140. The van der Waals surface area contributed by atoms with Crippen molar-refractivity contribution in [2.75, 3.05) is 20.1 Å². The molecular formula is C17H26F3N5O2S. The fourth-order valence-corrected chi connectivity index (χ4v) is 3.07. The molecule has 0 aliphatic heterocycles. The first kappa shape index (κ1) is 22.3. The van der Waals surface area contributed by atoms with Crippen LogP contribution in [-0.4, -0.2) is 53.7 Å². The van der Waals surface area contributed by atoms with Crippen LogP contribution in [0.5, 0.6) is 0 Å². The zero-order valence-electron chi connectivity index (χ0n) is 16.4. The van der Waals surface area contributed by atoms with Gasteiger partial charge in [0, 0.05) is 31.6 Å². The van der Waals surface area contributed by atoms with Gasteiger partial charge in [-0.3, -0.25) is 4.99 Å². The molecule has 0 atom stereocenters. The molecule has 1 fully saturated rings. The molecule has 28 heavy (non-hydrogen) atoms. The number of aliphatic imine (C=N–C) groups is 1. The van der Waals surface area contributed by atoms with Crippen LogP contribution >= 0.6 is 11.3 Å². The summed E-state index contributed by atoms with van der Waals surface area (Å²) in [6, 6.07) is 0.197. The van der Waals surface area contributed by atoms with Crippen molar-refractivity contribution in [3.63, 3.8) is 0 Å². The monoisotopic (exact) mass is 421 g/mol. The van der Waals surface area contributed by atoms with Gasteiger partial charge in [0.25, 0.3) is 0 Å². The summed E-state index contributed by atoms with van der Waals surface area (Å²) in [7, 11) is 1.56. The van der Waals surface area contributed by atoms with Crippen molar-refractivity contribution in [1.82, 2.24) is 20.5 Å². The highest BCUT2D eigenvalue weighted by molar-refractivity contribution is 7.09. The van der Waals surface area contributed by atoms with Gasteiger partial charge < -0.3 is 20.3 Å². The molecule has 0 saturated heterocycles. The number of amides is 1. The minimum atomic E-state index is -4.44. The van der Waals surface area contributed by atoms with E-state index in [1.54, 1.807) is 11.9 Å². The lowest BCUT2D eigenvalue weighted by Gasteiger charge is -2.27. The number of rotatable bonds is 6. The molecule has 0 bridgehead atoms. The summed E-state index contributed by atoms with van der Waals surface area (Å²) < 4.78 is 43.2. The molecule has 0 aromatic carbocycles. The Labute approximate surface area is 166 Å². The minimum absolute atomic E-state index is 0.124. The number of ether oxygens (including phenoxy) is 1. The second-order valence-electron chi connectivity index (χ2n) is 7.38. The molecule has 1 aromatic rings. The van der Waals surface area contributed by atoms with Crippen molar-refractivity contribution in [3.8, 4) is 0 Å². The number of nitrogens with one attached hydrogen (secondary N) is 2. The lowest BCUT2D eigenvalue weighted by atomic mass is 10.2. The van der Waals surface area contributed by atoms with E-state index in [-0.39, 0.29) is 18.7 Å². The average molecular weight is 421 g/mol. The van der Waals surface area contributed by atoms with Gasteiger partial charge in [-0.1, -0.05) is 0 Å². The Kier molecular flexibility index (Phi) is 7.13. The molecule has 2 rings (SSSR count). The van der Waals surface area contributed by atoms with E-state index in [0.29, 0.717) is 24.1 Å². The van der Waals surface area contributed by atoms with Crippen LogP contribution in [0.1, 0.15) is 44.3 Å². The van der Waals surface area contributed by atoms with Crippen molar-refractivity contribution >= 4 is 23.4 Å². The Bertz CT molecular complexity index is 696. The molecule has 1 aromatic heterocycles. The molecule has 0 unspecified atom stereocenters. The van der Waals surface area contributed by atoms with Crippen LogP contribution in [0, 0.1) is 0 Å². The Balaban J connectivity index is 1.79. The number of halogens is 3. The number of hydrogen-bond donors (Lipinski definition) is 2. The van der Waals surface area contributed by atoms with Crippen molar-refractivity contribution in [2.24, 2.45) is 4.99 Å². The van der Waals surface area contributed by atoms with E-state index >= 15 is 0 Å². The van der Waals surface area contributed by atoms with Crippen molar-refractivity contribution < 1.29 is 22.7 Å². The van der Waals surface area contributed by atoms with E-state index in [0.717, 1.165) is 29.6 Å². The number of hydrogen-bond acceptors (Lipinski definition) is 5. The number of carbonyl (C=O) groups is 1. The predicted molar refractivity (Wildman–Crippen MR) is 101 cm³/mol. The first-order chi connectivity index (χ1) is 13.0. The molecule has 1 aliphatic carbocycles. The molecule has 158 valence electrons. The van der Waals surface area contributed by atoms with E-state index in [2.05, 4.69) is 20.6 Å². The zero-order valence-corrected chi connectivity index (χ0v) is 17.2. The Morgan fingerprint density at radius 2 is 2.04 bits per heavy atom. The fourth-order valence-electron chi connectivity index (χ4n) is 2.33. The van der Waals surface area contributed by atoms with Crippen LogP contribution in [0.3, 0.4) is 0 Å².